The minimum Gasteiger partial charge on any atom is -0.462 e. The van der Waals surface area contributed by atoms with Crippen LogP contribution in [0.25, 0.3) is 0 Å². The van der Waals surface area contributed by atoms with Gasteiger partial charge in [0, 0.05) is 12.3 Å². The predicted molar refractivity (Wildman–Crippen MR) is 68.6 cm³/mol. The lowest BCUT2D eigenvalue weighted by Crippen LogP contribution is -2.22. The van der Waals surface area contributed by atoms with E-state index in [0.29, 0.717) is 11.9 Å². The smallest absolute Gasteiger partial charge is 0.302 e. The fourth-order valence-electron chi connectivity index (χ4n) is 0.928. The van der Waals surface area contributed by atoms with Crippen molar-refractivity contribution in [3.8, 4) is 0 Å². The Bertz CT molecular complexity index is 280. The van der Waals surface area contributed by atoms with Gasteiger partial charge in [-0.25, -0.2) is 0 Å². The molecule has 0 aliphatic carbocycles. The second kappa shape index (κ2) is 7.63. The van der Waals surface area contributed by atoms with Crippen molar-refractivity contribution in [3.63, 3.8) is 0 Å². The van der Waals surface area contributed by atoms with Gasteiger partial charge < -0.3 is 9.84 Å². The third-order valence-corrected chi connectivity index (χ3v) is 3.04. The molecule has 0 radical (unpaired) electrons. The zero-order valence-corrected chi connectivity index (χ0v) is 11.6. The number of hydrogen-bond donors (Lipinski definition) is 1. The number of carbonyl (C=O) groups excluding carboxylic acids is 1. The van der Waals surface area contributed by atoms with Gasteiger partial charge >= 0.3 is 5.97 Å². The van der Waals surface area contributed by atoms with E-state index in [1.807, 2.05) is 19.1 Å². The van der Waals surface area contributed by atoms with E-state index in [0.717, 1.165) is 12.0 Å². The standard InChI is InChI=1S/C12H19BrO3/c1-10(6-8-16-11(2)14)5-4-7-12(3,15)9-13/h4,6-7,15H,5,8-9H2,1-3H3. The molecule has 16 heavy (non-hydrogen) atoms. The van der Waals surface area contributed by atoms with Crippen molar-refractivity contribution in [1.29, 1.82) is 0 Å². The molecule has 0 amide bonds. The molecular weight excluding hydrogens is 272 g/mol. The van der Waals surface area contributed by atoms with E-state index >= 15 is 0 Å². The quantitative estimate of drug-likeness (QED) is 0.465. The van der Waals surface area contributed by atoms with Gasteiger partial charge in [0.2, 0.25) is 0 Å². The zero-order valence-electron chi connectivity index (χ0n) is 10.00. The molecule has 0 rings (SSSR count). The lowest BCUT2D eigenvalue weighted by atomic mass is 10.1. The molecule has 0 bridgehead atoms. The maximum Gasteiger partial charge on any atom is 0.302 e. The first kappa shape index (κ1) is 15.4. The van der Waals surface area contributed by atoms with Crippen LogP contribution < -0.4 is 0 Å². The van der Waals surface area contributed by atoms with Crippen LogP contribution >= 0.6 is 15.9 Å². The second-order valence-corrected chi connectivity index (χ2v) is 4.51. The van der Waals surface area contributed by atoms with Crippen LogP contribution in [0.3, 0.4) is 0 Å². The van der Waals surface area contributed by atoms with Crippen LogP contribution in [0.1, 0.15) is 27.2 Å². The number of alkyl halides is 1. The summed E-state index contributed by atoms with van der Waals surface area (Å²) < 4.78 is 4.78. The van der Waals surface area contributed by atoms with Crippen LogP contribution in [0.4, 0.5) is 0 Å². The molecule has 4 heteroatoms. The van der Waals surface area contributed by atoms with Gasteiger partial charge in [0.25, 0.3) is 0 Å². The Kier molecular flexibility index (Phi) is 7.34. The Morgan fingerprint density at radius 1 is 1.50 bits per heavy atom. The number of hydrogen-bond acceptors (Lipinski definition) is 3. The minimum atomic E-state index is -0.809. The Morgan fingerprint density at radius 2 is 2.12 bits per heavy atom. The average molecular weight is 291 g/mol. The predicted octanol–water partition coefficient (Wildman–Crippen LogP) is 2.59. The summed E-state index contributed by atoms with van der Waals surface area (Å²) in [7, 11) is 0. The van der Waals surface area contributed by atoms with E-state index < -0.39 is 5.60 Å². The molecule has 0 aliphatic rings. The van der Waals surface area contributed by atoms with Crippen LogP contribution in [0.2, 0.25) is 0 Å². The van der Waals surface area contributed by atoms with E-state index in [-0.39, 0.29) is 5.97 Å². The molecule has 0 aliphatic heterocycles. The highest BCUT2D eigenvalue weighted by Gasteiger charge is 2.12. The molecule has 0 aromatic carbocycles. The number of allylic oxidation sites excluding steroid dienone is 2. The number of rotatable bonds is 6. The summed E-state index contributed by atoms with van der Waals surface area (Å²) in [5.41, 5.74) is 0.291. The third-order valence-electron chi connectivity index (χ3n) is 1.91. The summed E-state index contributed by atoms with van der Waals surface area (Å²) in [6.07, 6.45) is 6.25. The largest absolute Gasteiger partial charge is 0.462 e. The average Bonchev–Trinajstić information content (AvgIpc) is 2.17. The molecule has 1 atom stereocenters. The molecule has 0 saturated carbocycles. The van der Waals surface area contributed by atoms with Crippen molar-refractivity contribution in [2.75, 3.05) is 11.9 Å². The maximum absolute atomic E-state index is 10.5. The lowest BCUT2D eigenvalue weighted by Gasteiger charge is -2.14. The van der Waals surface area contributed by atoms with E-state index in [2.05, 4.69) is 15.9 Å². The van der Waals surface area contributed by atoms with Crippen molar-refractivity contribution in [2.45, 2.75) is 32.8 Å². The first-order valence-corrected chi connectivity index (χ1v) is 6.24. The molecule has 92 valence electrons. The molecule has 3 nitrogen and oxygen atoms in total. The summed E-state index contributed by atoms with van der Waals surface area (Å²) in [6, 6.07) is 0. The molecule has 1 N–H and O–H groups in total. The Morgan fingerprint density at radius 3 is 2.62 bits per heavy atom. The molecule has 0 aromatic rings. The van der Waals surface area contributed by atoms with Crippen molar-refractivity contribution >= 4 is 21.9 Å². The third kappa shape index (κ3) is 8.68. The zero-order chi connectivity index (χ0) is 12.6. The topological polar surface area (TPSA) is 46.5 Å². The van der Waals surface area contributed by atoms with Crippen LogP contribution in [0.15, 0.2) is 23.8 Å². The molecule has 0 heterocycles. The van der Waals surface area contributed by atoms with Gasteiger partial charge in [-0.05, 0) is 26.3 Å². The number of esters is 1. The van der Waals surface area contributed by atoms with Gasteiger partial charge in [0.15, 0.2) is 0 Å². The molecular formula is C12H19BrO3. The Balaban J connectivity index is 3.97. The fraction of sp³-hybridized carbons (Fsp3) is 0.583. The number of aliphatic hydroxyl groups is 1. The van der Waals surface area contributed by atoms with Gasteiger partial charge in [0.1, 0.15) is 6.61 Å². The van der Waals surface area contributed by atoms with Crippen molar-refractivity contribution in [3.05, 3.63) is 23.8 Å². The van der Waals surface area contributed by atoms with Crippen molar-refractivity contribution in [2.24, 2.45) is 0 Å². The Hall–Kier alpha value is -0.610. The number of carbonyl (C=O) groups is 1. The molecule has 0 saturated heterocycles. The summed E-state index contributed by atoms with van der Waals surface area (Å²) >= 11 is 3.22. The highest BCUT2D eigenvalue weighted by Crippen LogP contribution is 2.11. The monoisotopic (exact) mass is 290 g/mol. The van der Waals surface area contributed by atoms with Crippen molar-refractivity contribution in [1.82, 2.24) is 0 Å². The summed E-state index contributed by atoms with van der Waals surface area (Å²) in [5.74, 6) is -0.276. The number of halogens is 1. The number of ether oxygens (including phenoxy) is 1. The van der Waals surface area contributed by atoms with Gasteiger partial charge in [-0.1, -0.05) is 33.7 Å². The Labute approximate surface area is 105 Å². The van der Waals surface area contributed by atoms with E-state index in [1.54, 1.807) is 13.0 Å². The second-order valence-electron chi connectivity index (χ2n) is 3.95. The summed E-state index contributed by atoms with van der Waals surface area (Å²) in [5, 5.41) is 10.2. The maximum atomic E-state index is 10.5. The van der Waals surface area contributed by atoms with Crippen molar-refractivity contribution < 1.29 is 14.6 Å². The first-order valence-electron chi connectivity index (χ1n) is 5.12. The first-order chi connectivity index (χ1) is 7.37. The van der Waals surface area contributed by atoms with E-state index in [9.17, 15) is 9.90 Å². The minimum absolute atomic E-state index is 0.276. The van der Waals surface area contributed by atoms with Crippen LogP contribution in [0, 0.1) is 0 Å². The highest BCUT2D eigenvalue weighted by molar-refractivity contribution is 9.09. The van der Waals surface area contributed by atoms with E-state index in [1.165, 1.54) is 6.92 Å². The SMILES string of the molecule is CC(=O)OCC=C(C)CC=CC(C)(O)CBr. The van der Waals surface area contributed by atoms with Gasteiger partial charge in [-0.2, -0.15) is 0 Å². The van der Waals surface area contributed by atoms with E-state index in [4.69, 9.17) is 4.74 Å². The van der Waals surface area contributed by atoms with Gasteiger partial charge in [-0.15, -0.1) is 0 Å². The molecule has 1 unspecified atom stereocenters. The molecule has 0 spiro atoms. The van der Waals surface area contributed by atoms with Crippen LogP contribution in [-0.4, -0.2) is 28.6 Å². The summed E-state index contributed by atoms with van der Waals surface area (Å²) in [4.78, 5) is 10.5. The lowest BCUT2D eigenvalue weighted by molar-refractivity contribution is -0.139. The normalized spacial score (nSPS) is 16.2. The van der Waals surface area contributed by atoms with Crippen LogP contribution in [-0.2, 0) is 9.53 Å². The van der Waals surface area contributed by atoms with Crippen LogP contribution in [0.5, 0.6) is 0 Å². The molecule has 0 fully saturated rings. The highest BCUT2D eigenvalue weighted by atomic mass is 79.9. The summed E-state index contributed by atoms with van der Waals surface area (Å²) in [6.45, 7) is 5.38. The van der Waals surface area contributed by atoms with Gasteiger partial charge in [-0.3, -0.25) is 4.79 Å². The molecule has 0 aromatic heterocycles. The van der Waals surface area contributed by atoms with Gasteiger partial charge in [0.05, 0.1) is 5.60 Å². The fourth-order valence-corrected chi connectivity index (χ4v) is 1.11.